The fraction of sp³-hybridized carbons (Fsp3) is 0.421. The van der Waals surface area contributed by atoms with Gasteiger partial charge in [-0.15, -0.1) is 24.0 Å². The number of aryl methyl sites for hydroxylation is 2. The predicted octanol–water partition coefficient (Wildman–Crippen LogP) is 2.53. The summed E-state index contributed by atoms with van der Waals surface area (Å²) < 4.78 is 15.0. The fourth-order valence-electron chi connectivity index (χ4n) is 2.83. The molecule has 2 aromatic rings. The van der Waals surface area contributed by atoms with Gasteiger partial charge in [0.15, 0.2) is 5.96 Å². The van der Waals surface area contributed by atoms with E-state index in [0.29, 0.717) is 11.6 Å². The van der Waals surface area contributed by atoms with E-state index in [2.05, 4.69) is 26.0 Å². The molecular formula is C19H28FIN6O. The van der Waals surface area contributed by atoms with E-state index in [4.69, 9.17) is 0 Å². The molecule has 0 aliphatic heterocycles. The van der Waals surface area contributed by atoms with Crippen LogP contribution in [0, 0.1) is 19.7 Å². The highest BCUT2D eigenvalue weighted by Gasteiger charge is 2.14. The summed E-state index contributed by atoms with van der Waals surface area (Å²) in [5, 5.41) is 13.3. The second kappa shape index (κ2) is 11.0. The smallest absolute Gasteiger partial charge is 0.243 e. The topological polar surface area (TPSA) is 83.3 Å². The quantitative estimate of drug-likeness (QED) is 0.322. The first-order valence-corrected chi connectivity index (χ1v) is 8.81. The summed E-state index contributed by atoms with van der Waals surface area (Å²) >= 11 is 0. The fourth-order valence-corrected chi connectivity index (χ4v) is 2.83. The minimum absolute atomic E-state index is 0. The van der Waals surface area contributed by atoms with Gasteiger partial charge in [-0.05, 0) is 51.0 Å². The summed E-state index contributed by atoms with van der Waals surface area (Å²) in [4.78, 5) is 16.2. The monoisotopic (exact) mass is 502 g/mol. The minimum Gasteiger partial charge on any atom is -0.354 e. The molecule has 0 aliphatic rings. The van der Waals surface area contributed by atoms with Gasteiger partial charge in [-0.2, -0.15) is 5.10 Å². The number of amides is 1. The number of carbonyl (C=O) groups is 1. The van der Waals surface area contributed by atoms with Crippen molar-refractivity contribution >= 4 is 41.5 Å². The van der Waals surface area contributed by atoms with Crippen LogP contribution in [-0.2, 0) is 18.3 Å². The van der Waals surface area contributed by atoms with Crippen LogP contribution in [0.3, 0.4) is 0 Å². The van der Waals surface area contributed by atoms with Crippen molar-refractivity contribution in [3.8, 4) is 0 Å². The highest BCUT2D eigenvalue weighted by molar-refractivity contribution is 14.0. The number of aromatic nitrogens is 2. The molecule has 154 valence electrons. The maximum Gasteiger partial charge on any atom is 0.243 e. The molecule has 0 radical (unpaired) electrons. The second-order valence-electron chi connectivity index (χ2n) is 6.51. The molecule has 9 heteroatoms. The van der Waals surface area contributed by atoms with Crippen LogP contribution in [0.1, 0.15) is 23.9 Å². The Hall–Kier alpha value is -2.17. The molecule has 7 nitrogen and oxygen atoms in total. The van der Waals surface area contributed by atoms with Gasteiger partial charge in [0.2, 0.25) is 5.91 Å². The molecule has 1 aromatic heterocycles. The maximum atomic E-state index is 13.2. The van der Waals surface area contributed by atoms with Crippen molar-refractivity contribution in [2.45, 2.75) is 33.2 Å². The van der Waals surface area contributed by atoms with E-state index in [9.17, 15) is 9.18 Å². The number of hydrogen-bond donors (Lipinski definition) is 3. The number of guanidine groups is 1. The molecule has 0 spiro atoms. The van der Waals surface area contributed by atoms with Gasteiger partial charge in [0.1, 0.15) is 5.82 Å². The molecular weight excluding hydrogens is 474 g/mol. The summed E-state index contributed by atoms with van der Waals surface area (Å²) in [6.07, 6.45) is 0.793. The summed E-state index contributed by atoms with van der Waals surface area (Å²) in [6, 6.07) is 5.87. The zero-order valence-corrected chi connectivity index (χ0v) is 19.2. The van der Waals surface area contributed by atoms with Crippen LogP contribution < -0.4 is 16.0 Å². The molecule has 1 atom stereocenters. The van der Waals surface area contributed by atoms with Crippen LogP contribution in [0.25, 0.3) is 0 Å². The molecule has 0 aliphatic carbocycles. The molecule has 28 heavy (non-hydrogen) atoms. The van der Waals surface area contributed by atoms with Crippen LogP contribution in [0.4, 0.5) is 10.1 Å². The zero-order valence-electron chi connectivity index (χ0n) is 16.8. The normalized spacial score (nSPS) is 12.1. The number of halogens is 2. The lowest BCUT2D eigenvalue weighted by molar-refractivity contribution is -0.115. The number of nitrogens with zero attached hydrogens (tertiary/aromatic N) is 3. The summed E-state index contributed by atoms with van der Waals surface area (Å²) in [5.74, 6) is -0.153. The van der Waals surface area contributed by atoms with E-state index < -0.39 is 5.82 Å². The van der Waals surface area contributed by atoms with Crippen molar-refractivity contribution in [3.05, 3.63) is 47.0 Å². The molecule has 1 heterocycles. The van der Waals surface area contributed by atoms with E-state index in [0.717, 1.165) is 17.8 Å². The third-order valence-electron chi connectivity index (χ3n) is 4.30. The van der Waals surface area contributed by atoms with Crippen molar-refractivity contribution in [2.24, 2.45) is 12.0 Å². The highest BCUT2D eigenvalue weighted by Crippen LogP contribution is 2.14. The van der Waals surface area contributed by atoms with Gasteiger partial charge in [0.05, 0.1) is 12.2 Å². The molecule has 1 amide bonds. The number of carbonyl (C=O) groups excluding carboxylic acids is 1. The number of nitrogens with one attached hydrogen (secondary N) is 3. The number of anilines is 1. The van der Waals surface area contributed by atoms with E-state index in [1.807, 2.05) is 32.5 Å². The Labute approximate surface area is 182 Å². The number of rotatable bonds is 6. The van der Waals surface area contributed by atoms with Gasteiger partial charge in [-0.1, -0.05) is 6.07 Å². The average molecular weight is 502 g/mol. The van der Waals surface area contributed by atoms with E-state index in [1.165, 1.54) is 17.7 Å². The van der Waals surface area contributed by atoms with Gasteiger partial charge in [-0.25, -0.2) is 4.39 Å². The Morgan fingerprint density at radius 1 is 1.36 bits per heavy atom. The summed E-state index contributed by atoms with van der Waals surface area (Å²) in [7, 11) is 3.58. The molecule has 2 rings (SSSR count). The third kappa shape index (κ3) is 6.77. The molecule has 1 aromatic carbocycles. The lowest BCUT2D eigenvalue weighted by Gasteiger charge is -2.18. The minimum atomic E-state index is -0.395. The predicted molar refractivity (Wildman–Crippen MR) is 121 cm³/mol. The Kier molecular flexibility index (Phi) is 9.36. The second-order valence-corrected chi connectivity index (χ2v) is 6.51. The van der Waals surface area contributed by atoms with Crippen molar-refractivity contribution in [3.63, 3.8) is 0 Å². The lowest BCUT2D eigenvalue weighted by Crippen LogP contribution is -2.45. The van der Waals surface area contributed by atoms with Crippen LogP contribution in [0.2, 0.25) is 0 Å². The lowest BCUT2D eigenvalue weighted by atomic mass is 10.1. The van der Waals surface area contributed by atoms with Crippen molar-refractivity contribution in [1.29, 1.82) is 0 Å². The Morgan fingerprint density at radius 2 is 2.07 bits per heavy atom. The molecule has 0 saturated heterocycles. The van der Waals surface area contributed by atoms with Crippen molar-refractivity contribution in [2.75, 3.05) is 18.9 Å². The first-order chi connectivity index (χ1) is 12.8. The zero-order chi connectivity index (χ0) is 20.0. The Bertz CT molecular complexity index is 836. The number of hydrogen-bond acceptors (Lipinski definition) is 3. The van der Waals surface area contributed by atoms with Crippen molar-refractivity contribution < 1.29 is 9.18 Å². The highest BCUT2D eigenvalue weighted by atomic mass is 127. The van der Waals surface area contributed by atoms with E-state index in [-0.39, 0.29) is 42.5 Å². The van der Waals surface area contributed by atoms with Crippen molar-refractivity contribution in [1.82, 2.24) is 20.4 Å². The first-order valence-electron chi connectivity index (χ1n) is 8.81. The summed E-state index contributed by atoms with van der Waals surface area (Å²) in [5.41, 5.74) is 3.78. The average Bonchev–Trinajstić information content (AvgIpc) is 2.84. The Balaban J connectivity index is 0.00000392. The van der Waals surface area contributed by atoms with Gasteiger partial charge in [0, 0.05) is 31.5 Å². The van der Waals surface area contributed by atoms with Gasteiger partial charge in [-0.3, -0.25) is 14.5 Å². The number of benzene rings is 1. The first kappa shape index (κ1) is 23.9. The molecule has 3 N–H and O–H groups in total. The third-order valence-corrected chi connectivity index (χ3v) is 4.30. The standard InChI is InChI=1S/C19H27FN6O.HI/c1-12(9-17-13(2)25-26(5)14(17)3)23-19(21-4)22-11-18(27)24-16-8-6-7-15(20)10-16;/h6-8,10,12H,9,11H2,1-5H3,(H,24,27)(H2,21,22,23);1H. The van der Waals surface area contributed by atoms with Crippen LogP contribution in [0.15, 0.2) is 29.3 Å². The van der Waals surface area contributed by atoms with E-state index >= 15 is 0 Å². The van der Waals surface area contributed by atoms with Crippen LogP contribution in [0.5, 0.6) is 0 Å². The SMILES string of the molecule is CN=C(NCC(=O)Nc1cccc(F)c1)NC(C)Cc1c(C)nn(C)c1C.I. The van der Waals surface area contributed by atoms with Gasteiger partial charge >= 0.3 is 0 Å². The maximum absolute atomic E-state index is 13.2. The van der Waals surface area contributed by atoms with Crippen LogP contribution >= 0.6 is 24.0 Å². The summed E-state index contributed by atoms with van der Waals surface area (Å²) in [6.45, 7) is 6.12. The largest absolute Gasteiger partial charge is 0.354 e. The van der Waals surface area contributed by atoms with Crippen LogP contribution in [-0.4, -0.2) is 41.3 Å². The Morgan fingerprint density at radius 3 is 2.64 bits per heavy atom. The molecule has 0 fully saturated rings. The van der Waals surface area contributed by atoms with Gasteiger partial charge < -0.3 is 16.0 Å². The van der Waals surface area contributed by atoms with E-state index in [1.54, 1.807) is 19.2 Å². The molecule has 0 saturated carbocycles. The number of aliphatic imine (C=N–C) groups is 1. The molecule has 0 bridgehead atoms. The molecule has 1 unspecified atom stereocenters. The van der Waals surface area contributed by atoms with Gasteiger partial charge in [0.25, 0.3) is 0 Å².